The molecule has 2 fully saturated rings. The largest absolute Gasteiger partial charge is 0.481 e. The minimum Gasteiger partial charge on any atom is -0.481 e. The van der Waals surface area contributed by atoms with Crippen molar-refractivity contribution in [1.29, 1.82) is 0 Å². The first kappa shape index (κ1) is 16.0. The van der Waals surface area contributed by atoms with Gasteiger partial charge in [0.1, 0.15) is 0 Å². The van der Waals surface area contributed by atoms with Crippen LogP contribution in [0.25, 0.3) is 0 Å². The highest BCUT2D eigenvalue weighted by Crippen LogP contribution is 2.42. The van der Waals surface area contributed by atoms with E-state index in [4.69, 9.17) is 9.47 Å². The van der Waals surface area contributed by atoms with Crippen molar-refractivity contribution < 1.29 is 24.2 Å². The zero-order chi connectivity index (χ0) is 15.4. The quantitative estimate of drug-likeness (QED) is 0.746. The van der Waals surface area contributed by atoms with Gasteiger partial charge in [0.05, 0.1) is 19.1 Å². The second-order valence-corrected chi connectivity index (χ2v) is 5.64. The number of carboxylic acid groups (broad SMARTS) is 1. The van der Waals surface area contributed by atoms with Crippen LogP contribution in [0.5, 0.6) is 0 Å². The normalized spacial score (nSPS) is 27.1. The number of nitrogens with zero attached hydrogens (tertiary/aromatic N) is 2. The van der Waals surface area contributed by atoms with E-state index in [0.717, 1.165) is 12.8 Å². The zero-order valence-electron chi connectivity index (χ0n) is 12.7. The number of aliphatic carboxylic acids is 1. The highest BCUT2D eigenvalue weighted by atomic mass is 16.5. The second-order valence-electron chi connectivity index (χ2n) is 5.64. The summed E-state index contributed by atoms with van der Waals surface area (Å²) in [5, 5.41) is 9.26. The summed E-state index contributed by atoms with van der Waals surface area (Å²) in [5.74, 6) is -1.21. The number of hydrogen-bond acceptors (Lipinski definition) is 4. The molecule has 2 bridgehead atoms. The van der Waals surface area contributed by atoms with E-state index in [-0.39, 0.29) is 18.1 Å². The van der Waals surface area contributed by atoms with Crippen LogP contribution in [0.3, 0.4) is 0 Å². The molecular formula is C14H24N2O5. The van der Waals surface area contributed by atoms with Gasteiger partial charge < -0.3 is 24.4 Å². The molecule has 3 unspecified atom stereocenters. The van der Waals surface area contributed by atoms with Crippen LogP contribution in [0.2, 0.25) is 0 Å². The number of rotatable bonds is 7. The third-order valence-corrected chi connectivity index (χ3v) is 4.48. The van der Waals surface area contributed by atoms with Crippen LogP contribution >= 0.6 is 0 Å². The summed E-state index contributed by atoms with van der Waals surface area (Å²) in [4.78, 5) is 27.5. The molecule has 0 aromatic rings. The number of carbonyl (C=O) groups excluding carboxylic acids is 1. The van der Waals surface area contributed by atoms with E-state index in [9.17, 15) is 14.7 Å². The molecule has 0 spiro atoms. The Hall–Kier alpha value is -1.34. The fraction of sp³-hybridized carbons (Fsp3) is 0.857. The maximum atomic E-state index is 12.7. The summed E-state index contributed by atoms with van der Waals surface area (Å²) in [6.07, 6.45) is 2.27. The molecule has 120 valence electrons. The lowest BCUT2D eigenvalue weighted by Gasteiger charge is -2.31. The van der Waals surface area contributed by atoms with E-state index in [1.54, 1.807) is 24.0 Å². The molecule has 0 saturated carbocycles. The first-order chi connectivity index (χ1) is 10.1. The molecular weight excluding hydrogens is 276 g/mol. The van der Waals surface area contributed by atoms with E-state index < -0.39 is 11.9 Å². The van der Waals surface area contributed by atoms with Crippen LogP contribution < -0.4 is 0 Å². The maximum Gasteiger partial charge on any atom is 0.320 e. The monoisotopic (exact) mass is 300 g/mol. The van der Waals surface area contributed by atoms with Crippen LogP contribution in [0, 0.1) is 5.92 Å². The minimum absolute atomic E-state index is 0.0659. The second kappa shape index (κ2) is 7.09. The molecule has 2 heterocycles. The Morgan fingerprint density at radius 1 is 1.19 bits per heavy atom. The summed E-state index contributed by atoms with van der Waals surface area (Å²) in [5.41, 5.74) is 0. The number of fused-ring (bicyclic) bond motifs is 2. The van der Waals surface area contributed by atoms with Gasteiger partial charge in [0.25, 0.3) is 0 Å². The van der Waals surface area contributed by atoms with Gasteiger partial charge in [-0.2, -0.15) is 0 Å². The van der Waals surface area contributed by atoms with E-state index in [0.29, 0.717) is 32.7 Å². The highest BCUT2D eigenvalue weighted by molar-refractivity contribution is 5.79. The third-order valence-electron chi connectivity index (χ3n) is 4.48. The molecule has 0 radical (unpaired) electrons. The lowest BCUT2D eigenvalue weighted by atomic mass is 9.89. The molecule has 0 aliphatic carbocycles. The third kappa shape index (κ3) is 3.29. The van der Waals surface area contributed by atoms with Crippen molar-refractivity contribution in [3.63, 3.8) is 0 Å². The van der Waals surface area contributed by atoms with E-state index in [2.05, 4.69) is 0 Å². The molecule has 21 heavy (non-hydrogen) atoms. The predicted molar refractivity (Wildman–Crippen MR) is 75.1 cm³/mol. The molecule has 7 heteroatoms. The van der Waals surface area contributed by atoms with Gasteiger partial charge in [-0.3, -0.25) is 4.79 Å². The Labute approximate surface area is 124 Å². The summed E-state index contributed by atoms with van der Waals surface area (Å²) in [6.45, 7) is 1.90. The number of carboxylic acids is 1. The number of urea groups is 1. The summed E-state index contributed by atoms with van der Waals surface area (Å²) in [7, 11) is 3.19. The van der Waals surface area contributed by atoms with Crippen molar-refractivity contribution in [2.45, 2.75) is 31.3 Å². The van der Waals surface area contributed by atoms with Crippen molar-refractivity contribution in [3.05, 3.63) is 0 Å². The molecule has 1 N–H and O–H groups in total. The first-order valence-corrected chi connectivity index (χ1v) is 7.38. The van der Waals surface area contributed by atoms with Crippen molar-refractivity contribution in [2.75, 3.05) is 40.5 Å². The van der Waals surface area contributed by atoms with Crippen molar-refractivity contribution in [3.8, 4) is 0 Å². The number of hydrogen-bond donors (Lipinski definition) is 1. The fourth-order valence-electron chi connectivity index (χ4n) is 3.42. The molecule has 2 saturated heterocycles. The van der Waals surface area contributed by atoms with Crippen LogP contribution in [0.1, 0.15) is 19.3 Å². The van der Waals surface area contributed by atoms with E-state index >= 15 is 0 Å². The van der Waals surface area contributed by atoms with Crippen LogP contribution in [0.15, 0.2) is 0 Å². The fourth-order valence-corrected chi connectivity index (χ4v) is 3.42. The molecule has 2 aliphatic heterocycles. The van der Waals surface area contributed by atoms with Gasteiger partial charge in [0.2, 0.25) is 0 Å². The Bertz CT molecular complexity index is 382. The van der Waals surface area contributed by atoms with Gasteiger partial charge in [0, 0.05) is 39.4 Å². The average molecular weight is 300 g/mol. The lowest BCUT2D eigenvalue weighted by Crippen LogP contribution is -2.48. The SMILES string of the molecule is COCCN(CCOC)C(=O)N1C2CCC1C(C(=O)O)C2. The number of ether oxygens (including phenoxy) is 2. The Balaban J connectivity index is 2.04. The number of methoxy groups -OCH3 is 2. The highest BCUT2D eigenvalue weighted by Gasteiger charge is 2.52. The van der Waals surface area contributed by atoms with E-state index in [1.807, 2.05) is 0 Å². The minimum atomic E-state index is -0.791. The molecule has 2 aliphatic rings. The molecule has 7 nitrogen and oxygen atoms in total. The lowest BCUT2D eigenvalue weighted by molar-refractivity contribution is -0.142. The molecule has 2 amide bonds. The van der Waals surface area contributed by atoms with Gasteiger partial charge in [0.15, 0.2) is 0 Å². The Morgan fingerprint density at radius 3 is 2.29 bits per heavy atom. The van der Waals surface area contributed by atoms with Gasteiger partial charge in [-0.25, -0.2) is 4.79 Å². The molecule has 2 rings (SSSR count). The van der Waals surface area contributed by atoms with Crippen molar-refractivity contribution in [1.82, 2.24) is 9.80 Å². The topological polar surface area (TPSA) is 79.3 Å². The molecule has 0 aromatic heterocycles. The summed E-state index contributed by atoms with van der Waals surface area (Å²) in [6, 6.07) is -0.177. The predicted octanol–water partition coefficient (Wildman–Crippen LogP) is 0.639. The van der Waals surface area contributed by atoms with Gasteiger partial charge in [-0.15, -0.1) is 0 Å². The number of carbonyl (C=O) groups is 2. The zero-order valence-corrected chi connectivity index (χ0v) is 12.7. The van der Waals surface area contributed by atoms with Crippen molar-refractivity contribution in [2.24, 2.45) is 5.92 Å². The van der Waals surface area contributed by atoms with Crippen LogP contribution in [-0.2, 0) is 14.3 Å². The van der Waals surface area contributed by atoms with Crippen LogP contribution in [0.4, 0.5) is 4.79 Å². The Morgan fingerprint density at radius 2 is 1.81 bits per heavy atom. The summed E-state index contributed by atoms with van der Waals surface area (Å²) >= 11 is 0. The van der Waals surface area contributed by atoms with E-state index in [1.165, 1.54) is 0 Å². The Kier molecular flexibility index (Phi) is 5.41. The summed E-state index contributed by atoms with van der Waals surface area (Å²) < 4.78 is 10.1. The first-order valence-electron chi connectivity index (χ1n) is 7.38. The number of amides is 2. The average Bonchev–Trinajstić information content (AvgIpc) is 3.04. The maximum absolute atomic E-state index is 12.7. The smallest absolute Gasteiger partial charge is 0.320 e. The van der Waals surface area contributed by atoms with Gasteiger partial charge in [-0.05, 0) is 19.3 Å². The standard InChI is InChI=1S/C14H24N2O5/c1-20-7-5-15(6-8-21-2)14(19)16-10-3-4-12(16)11(9-10)13(17)18/h10-12H,3-9H2,1-2H3,(H,17,18). The molecule has 3 atom stereocenters. The molecule has 0 aromatic carbocycles. The van der Waals surface area contributed by atoms with Crippen LogP contribution in [-0.4, -0.2) is 79.5 Å². The van der Waals surface area contributed by atoms with Crippen molar-refractivity contribution >= 4 is 12.0 Å². The van der Waals surface area contributed by atoms with Gasteiger partial charge >= 0.3 is 12.0 Å². The van der Waals surface area contributed by atoms with Gasteiger partial charge in [-0.1, -0.05) is 0 Å².